The highest BCUT2D eigenvalue weighted by molar-refractivity contribution is 14.1. The van der Waals surface area contributed by atoms with Crippen LogP contribution in [0.4, 0.5) is 0 Å². The van der Waals surface area contributed by atoms with Crippen LogP contribution in [0.25, 0.3) is 22.2 Å². The highest BCUT2D eigenvalue weighted by atomic mass is 127. The second-order valence-corrected chi connectivity index (χ2v) is 5.87. The highest BCUT2D eigenvalue weighted by Gasteiger charge is 2.13. The van der Waals surface area contributed by atoms with E-state index in [0.717, 1.165) is 22.2 Å². The minimum absolute atomic E-state index is 0.636. The number of nitrogens with one attached hydrogen (secondary N) is 1. The van der Waals surface area contributed by atoms with Crippen LogP contribution in [0.2, 0.25) is 5.02 Å². The minimum atomic E-state index is 0.636. The number of hydrogen-bond acceptors (Lipinski definition) is 1. The van der Waals surface area contributed by atoms with Gasteiger partial charge >= 0.3 is 0 Å². The molecule has 1 N–H and O–H groups in total. The van der Waals surface area contributed by atoms with Gasteiger partial charge in [0.15, 0.2) is 0 Å². The zero-order valence-electron chi connectivity index (χ0n) is 9.74. The van der Waals surface area contributed by atoms with Gasteiger partial charge in [-0.25, -0.2) is 0 Å². The van der Waals surface area contributed by atoms with Crippen molar-refractivity contribution in [1.82, 2.24) is 4.98 Å². The number of nitrogens with zero attached hydrogens (tertiary/aromatic N) is 1. The summed E-state index contributed by atoms with van der Waals surface area (Å²) < 4.78 is 1.17. The van der Waals surface area contributed by atoms with Crippen LogP contribution in [-0.2, 0) is 0 Å². The Labute approximate surface area is 129 Å². The molecule has 3 rings (SSSR count). The second kappa shape index (κ2) is 4.87. The lowest BCUT2D eigenvalue weighted by Gasteiger charge is -1.99. The van der Waals surface area contributed by atoms with E-state index in [-0.39, 0.29) is 0 Å². The van der Waals surface area contributed by atoms with Crippen molar-refractivity contribution in [1.29, 1.82) is 5.26 Å². The quantitative estimate of drug-likeness (QED) is 0.597. The molecule has 0 bridgehead atoms. The Morgan fingerprint density at radius 1 is 1.11 bits per heavy atom. The maximum Gasteiger partial charge on any atom is 0.102 e. The Kier molecular flexibility index (Phi) is 3.21. The molecule has 0 saturated carbocycles. The molecule has 19 heavy (non-hydrogen) atoms. The summed E-state index contributed by atoms with van der Waals surface area (Å²) in [6, 6.07) is 15.9. The van der Waals surface area contributed by atoms with Crippen molar-refractivity contribution < 1.29 is 0 Å². The number of halogens is 2. The van der Waals surface area contributed by atoms with Crippen LogP contribution in [-0.4, -0.2) is 4.98 Å². The lowest BCUT2D eigenvalue weighted by atomic mass is 10.1. The van der Waals surface area contributed by atoms with Crippen LogP contribution in [0.3, 0.4) is 0 Å². The molecule has 0 aliphatic carbocycles. The lowest BCUT2D eigenvalue weighted by Crippen LogP contribution is -1.81. The zero-order chi connectivity index (χ0) is 13.4. The lowest BCUT2D eigenvalue weighted by molar-refractivity contribution is 1.42. The average molecular weight is 379 g/mol. The van der Waals surface area contributed by atoms with Crippen LogP contribution < -0.4 is 0 Å². The third kappa shape index (κ3) is 2.22. The van der Waals surface area contributed by atoms with Gasteiger partial charge in [-0.1, -0.05) is 23.7 Å². The predicted molar refractivity (Wildman–Crippen MR) is 86.2 cm³/mol. The van der Waals surface area contributed by atoms with Crippen molar-refractivity contribution >= 4 is 45.1 Å². The number of aromatic amines is 1. The molecule has 92 valence electrons. The Bertz CT molecular complexity index is 797. The summed E-state index contributed by atoms with van der Waals surface area (Å²) in [4.78, 5) is 3.29. The molecule has 0 amide bonds. The number of nitriles is 1. The minimum Gasteiger partial charge on any atom is -0.353 e. The smallest absolute Gasteiger partial charge is 0.102 e. The van der Waals surface area contributed by atoms with Crippen LogP contribution in [0, 0.1) is 14.9 Å². The monoisotopic (exact) mass is 378 g/mol. The topological polar surface area (TPSA) is 39.6 Å². The van der Waals surface area contributed by atoms with Crippen LogP contribution >= 0.6 is 34.2 Å². The number of fused-ring (bicyclic) bond motifs is 1. The third-order valence-corrected chi connectivity index (χ3v) is 3.96. The van der Waals surface area contributed by atoms with Crippen molar-refractivity contribution in [2.75, 3.05) is 0 Å². The molecule has 0 atom stereocenters. The molecular weight excluding hydrogens is 371 g/mol. The van der Waals surface area contributed by atoms with Gasteiger partial charge in [0.05, 0.1) is 11.3 Å². The van der Waals surface area contributed by atoms with Gasteiger partial charge in [-0.05, 0) is 58.5 Å². The summed E-state index contributed by atoms with van der Waals surface area (Å²) in [6.45, 7) is 0. The van der Waals surface area contributed by atoms with E-state index < -0.39 is 0 Å². The number of benzene rings is 2. The first kappa shape index (κ1) is 12.5. The van der Waals surface area contributed by atoms with E-state index in [4.69, 9.17) is 11.6 Å². The molecule has 2 nitrogen and oxygen atoms in total. The standard InChI is InChI=1S/C15H8ClIN2/c16-10-3-6-14-12(7-10)13(8-18)15(19-14)9-1-4-11(17)5-2-9/h1-7,19H. The average Bonchev–Trinajstić information content (AvgIpc) is 2.77. The fraction of sp³-hybridized carbons (Fsp3) is 0. The van der Waals surface area contributed by atoms with Crippen LogP contribution in [0.5, 0.6) is 0 Å². The largest absolute Gasteiger partial charge is 0.353 e. The van der Waals surface area contributed by atoms with Gasteiger partial charge < -0.3 is 4.98 Å². The first-order valence-electron chi connectivity index (χ1n) is 5.66. The molecule has 1 heterocycles. The van der Waals surface area contributed by atoms with E-state index in [1.54, 1.807) is 0 Å². The maximum absolute atomic E-state index is 9.40. The molecule has 3 aromatic rings. The van der Waals surface area contributed by atoms with Crippen molar-refractivity contribution in [2.45, 2.75) is 0 Å². The summed E-state index contributed by atoms with van der Waals surface area (Å²) in [6.07, 6.45) is 0. The molecule has 1 aromatic heterocycles. The van der Waals surface area contributed by atoms with Gasteiger partial charge in [0.1, 0.15) is 6.07 Å². The Morgan fingerprint density at radius 3 is 2.53 bits per heavy atom. The normalized spacial score (nSPS) is 10.6. The summed E-state index contributed by atoms with van der Waals surface area (Å²) in [7, 11) is 0. The first-order chi connectivity index (χ1) is 9.19. The fourth-order valence-electron chi connectivity index (χ4n) is 2.11. The van der Waals surface area contributed by atoms with E-state index in [1.807, 2.05) is 42.5 Å². The van der Waals surface area contributed by atoms with Gasteiger partial charge in [-0.2, -0.15) is 5.26 Å². The van der Waals surface area contributed by atoms with Gasteiger partial charge in [0.2, 0.25) is 0 Å². The van der Waals surface area contributed by atoms with E-state index in [9.17, 15) is 5.26 Å². The van der Waals surface area contributed by atoms with E-state index in [2.05, 4.69) is 33.6 Å². The van der Waals surface area contributed by atoms with Gasteiger partial charge in [0.25, 0.3) is 0 Å². The van der Waals surface area contributed by atoms with E-state index >= 15 is 0 Å². The molecule has 0 aliphatic heterocycles. The summed E-state index contributed by atoms with van der Waals surface area (Å²) in [5.41, 5.74) is 3.41. The van der Waals surface area contributed by atoms with Crippen LogP contribution in [0.15, 0.2) is 42.5 Å². The third-order valence-electron chi connectivity index (χ3n) is 3.01. The molecule has 4 heteroatoms. The SMILES string of the molecule is N#Cc1c(-c2ccc(I)cc2)[nH]c2ccc(Cl)cc12. The summed E-state index contributed by atoms with van der Waals surface area (Å²) >= 11 is 8.26. The second-order valence-electron chi connectivity index (χ2n) is 4.18. The van der Waals surface area contributed by atoms with Gasteiger partial charge in [0, 0.05) is 19.5 Å². The molecule has 0 unspecified atom stereocenters. The number of H-pyrrole nitrogens is 1. The maximum atomic E-state index is 9.40. The Morgan fingerprint density at radius 2 is 1.84 bits per heavy atom. The molecule has 2 aromatic carbocycles. The van der Waals surface area contributed by atoms with Gasteiger partial charge in [-0.15, -0.1) is 0 Å². The van der Waals surface area contributed by atoms with E-state index in [1.165, 1.54) is 3.57 Å². The van der Waals surface area contributed by atoms with Crippen molar-refractivity contribution in [3.63, 3.8) is 0 Å². The summed E-state index contributed by atoms with van der Waals surface area (Å²) in [5, 5.41) is 10.9. The molecule has 0 aliphatic rings. The van der Waals surface area contributed by atoms with Crippen molar-refractivity contribution in [3.05, 3.63) is 56.6 Å². The van der Waals surface area contributed by atoms with Crippen LogP contribution in [0.1, 0.15) is 5.56 Å². The molecular formula is C15H8ClIN2. The highest BCUT2D eigenvalue weighted by Crippen LogP contribution is 2.31. The number of aromatic nitrogens is 1. The van der Waals surface area contributed by atoms with E-state index in [0.29, 0.717) is 10.6 Å². The Balaban J connectivity index is 2.29. The molecule has 0 fully saturated rings. The fourth-order valence-corrected chi connectivity index (χ4v) is 2.65. The number of rotatable bonds is 1. The Hall–Kier alpha value is -1.51. The van der Waals surface area contributed by atoms with Crippen molar-refractivity contribution in [3.8, 4) is 17.3 Å². The van der Waals surface area contributed by atoms with Gasteiger partial charge in [-0.3, -0.25) is 0 Å². The predicted octanol–water partition coefficient (Wildman–Crippen LogP) is 4.96. The van der Waals surface area contributed by atoms with Crippen molar-refractivity contribution in [2.24, 2.45) is 0 Å². The molecule has 0 spiro atoms. The number of hydrogen-bond donors (Lipinski definition) is 1. The molecule has 0 saturated heterocycles. The summed E-state index contributed by atoms with van der Waals surface area (Å²) in [5.74, 6) is 0. The molecule has 0 radical (unpaired) electrons. The first-order valence-corrected chi connectivity index (χ1v) is 7.12. The zero-order valence-corrected chi connectivity index (χ0v) is 12.7.